The molecule has 1 aliphatic heterocycles. The second-order valence-corrected chi connectivity index (χ2v) is 7.10. The van der Waals surface area contributed by atoms with Gasteiger partial charge in [0.2, 0.25) is 0 Å². The lowest BCUT2D eigenvalue weighted by atomic mass is 10.2. The minimum Gasteiger partial charge on any atom is -0.370 e. The normalized spacial score (nSPS) is 16.7. The third-order valence-electron chi connectivity index (χ3n) is 4.20. The monoisotopic (exact) mass is 326 g/mol. The Morgan fingerprint density at radius 1 is 1.38 bits per heavy atom. The average Bonchev–Trinajstić information content (AvgIpc) is 2.74. The molecule has 0 atom stereocenters. The van der Waals surface area contributed by atoms with Gasteiger partial charge in [-0.15, -0.1) is 11.3 Å². The first-order chi connectivity index (χ1) is 10.1. The van der Waals surface area contributed by atoms with Crippen LogP contribution in [0, 0.1) is 18.6 Å². The van der Waals surface area contributed by atoms with Crippen LogP contribution in [0.5, 0.6) is 0 Å². The summed E-state index contributed by atoms with van der Waals surface area (Å²) in [4.78, 5) is 19.5. The smallest absolute Gasteiger partial charge is 0.263 e. The number of rotatable bonds is 3. The van der Waals surface area contributed by atoms with Crippen molar-refractivity contribution in [1.82, 2.24) is 9.55 Å². The molecule has 2 N–H and O–H groups in total. The molecule has 3 heterocycles. The number of ether oxygens (including phenoxy) is 1. The molecule has 0 aromatic carbocycles. The Kier molecular flexibility index (Phi) is 4.26. The first kappa shape index (κ1) is 14.9. The van der Waals surface area contributed by atoms with Gasteiger partial charge in [0.15, 0.2) is 4.77 Å². The molecular weight excluding hydrogens is 306 g/mol. The van der Waals surface area contributed by atoms with Crippen LogP contribution in [0.3, 0.4) is 0 Å². The Labute approximate surface area is 132 Å². The van der Waals surface area contributed by atoms with Crippen LogP contribution in [0.1, 0.15) is 10.4 Å². The van der Waals surface area contributed by atoms with Crippen LogP contribution < -0.4 is 10.5 Å². The van der Waals surface area contributed by atoms with Gasteiger partial charge in [-0.1, -0.05) is 0 Å². The second-order valence-electron chi connectivity index (χ2n) is 5.49. The minimum absolute atomic E-state index is 0.0447. The van der Waals surface area contributed by atoms with Gasteiger partial charge in [0, 0.05) is 4.88 Å². The molecule has 0 unspecified atom stereocenters. The minimum atomic E-state index is 0.0447. The number of quaternary nitrogens is 1. The summed E-state index contributed by atoms with van der Waals surface area (Å²) in [5.41, 5.74) is 1.11. The standard InChI is InChI=1S/C14H19N3O2S2/c1-9-10(2)21-12-11(9)13(18)17(14(20)15-12)4-3-16-5-7-19-8-6-16/h3-8H2,1-2H3,(H,15,20)/p+1. The topological polar surface area (TPSA) is 51.5 Å². The molecule has 3 rings (SSSR count). The SMILES string of the molecule is Cc1sc2[nH]c(=S)n(CC[NH+]3CCOCC3)c(=O)c2c1C. The van der Waals surface area contributed by atoms with Crippen molar-refractivity contribution in [2.24, 2.45) is 0 Å². The van der Waals surface area contributed by atoms with E-state index in [0.29, 0.717) is 11.3 Å². The summed E-state index contributed by atoms with van der Waals surface area (Å²) >= 11 is 6.97. The Bertz CT molecular complexity index is 769. The van der Waals surface area contributed by atoms with Gasteiger partial charge >= 0.3 is 0 Å². The van der Waals surface area contributed by atoms with E-state index in [9.17, 15) is 4.79 Å². The highest BCUT2D eigenvalue weighted by Crippen LogP contribution is 2.25. The molecule has 5 nitrogen and oxygen atoms in total. The molecule has 1 aliphatic rings. The maximum absolute atomic E-state index is 12.7. The van der Waals surface area contributed by atoms with E-state index in [0.717, 1.165) is 48.6 Å². The maximum Gasteiger partial charge on any atom is 0.263 e. The molecule has 2 aromatic heterocycles. The highest BCUT2D eigenvalue weighted by molar-refractivity contribution is 7.71. The van der Waals surface area contributed by atoms with Crippen LogP contribution in [-0.2, 0) is 11.3 Å². The number of hydrogen-bond donors (Lipinski definition) is 2. The fourth-order valence-corrected chi connectivity index (χ4v) is 4.14. The van der Waals surface area contributed by atoms with Gasteiger partial charge in [0.1, 0.15) is 17.9 Å². The average molecular weight is 326 g/mol. The lowest BCUT2D eigenvalue weighted by Crippen LogP contribution is -3.14. The summed E-state index contributed by atoms with van der Waals surface area (Å²) in [6.45, 7) is 9.23. The summed E-state index contributed by atoms with van der Waals surface area (Å²) in [5, 5.41) is 0.795. The van der Waals surface area contributed by atoms with Gasteiger partial charge < -0.3 is 14.6 Å². The van der Waals surface area contributed by atoms with Crippen molar-refractivity contribution >= 4 is 33.8 Å². The quantitative estimate of drug-likeness (QED) is 0.815. The molecule has 114 valence electrons. The highest BCUT2D eigenvalue weighted by atomic mass is 32.1. The van der Waals surface area contributed by atoms with Crippen molar-refractivity contribution in [3.63, 3.8) is 0 Å². The number of hydrogen-bond acceptors (Lipinski definition) is 4. The van der Waals surface area contributed by atoms with Crippen molar-refractivity contribution < 1.29 is 9.64 Å². The van der Waals surface area contributed by atoms with Crippen molar-refractivity contribution in [2.45, 2.75) is 20.4 Å². The molecule has 0 amide bonds. The Morgan fingerprint density at radius 3 is 2.81 bits per heavy atom. The number of aromatic nitrogens is 2. The predicted octanol–water partition coefficient (Wildman–Crippen LogP) is 0.653. The second kappa shape index (κ2) is 6.00. The number of nitrogens with one attached hydrogen (secondary N) is 2. The highest BCUT2D eigenvalue weighted by Gasteiger charge is 2.16. The van der Waals surface area contributed by atoms with Crippen LogP contribution in [0.2, 0.25) is 0 Å². The summed E-state index contributed by atoms with van der Waals surface area (Å²) in [6, 6.07) is 0. The largest absolute Gasteiger partial charge is 0.370 e. The molecule has 0 radical (unpaired) electrons. The molecule has 1 fully saturated rings. The van der Waals surface area contributed by atoms with Crippen molar-refractivity contribution in [3.8, 4) is 0 Å². The van der Waals surface area contributed by atoms with Crippen molar-refractivity contribution in [2.75, 3.05) is 32.8 Å². The Hall–Kier alpha value is -1.02. The van der Waals surface area contributed by atoms with Crippen molar-refractivity contribution in [3.05, 3.63) is 25.6 Å². The molecule has 0 spiro atoms. The van der Waals surface area contributed by atoms with Gasteiger partial charge in [-0.05, 0) is 31.6 Å². The third kappa shape index (κ3) is 2.83. The Balaban J connectivity index is 1.92. The molecular formula is C14H20N3O2S2+. The van der Waals surface area contributed by atoms with Crippen LogP contribution in [-0.4, -0.2) is 42.4 Å². The summed E-state index contributed by atoms with van der Waals surface area (Å²) in [5.74, 6) is 0. The number of aryl methyl sites for hydroxylation is 2. The fourth-order valence-electron chi connectivity index (χ4n) is 2.75. The van der Waals surface area contributed by atoms with Crippen molar-refractivity contribution in [1.29, 1.82) is 0 Å². The lowest BCUT2D eigenvalue weighted by molar-refractivity contribution is -0.908. The van der Waals surface area contributed by atoms with Crippen LogP contribution in [0.4, 0.5) is 0 Å². The van der Waals surface area contributed by atoms with E-state index in [1.165, 1.54) is 9.78 Å². The third-order valence-corrected chi connectivity index (χ3v) is 5.64. The van der Waals surface area contributed by atoms with E-state index in [1.807, 2.05) is 13.8 Å². The van der Waals surface area contributed by atoms with Gasteiger partial charge in [-0.25, -0.2) is 0 Å². The van der Waals surface area contributed by atoms with Crippen LogP contribution in [0.15, 0.2) is 4.79 Å². The first-order valence-corrected chi connectivity index (χ1v) is 8.44. The summed E-state index contributed by atoms with van der Waals surface area (Å²) in [7, 11) is 0. The fraction of sp³-hybridized carbons (Fsp3) is 0.571. The molecule has 0 bridgehead atoms. The van der Waals surface area contributed by atoms with Gasteiger partial charge in [-0.2, -0.15) is 0 Å². The zero-order chi connectivity index (χ0) is 15.0. The summed E-state index contributed by atoms with van der Waals surface area (Å²) in [6.07, 6.45) is 0. The molecule has 7 heteroatoms. The molecule has 1 saturated heterocycles. The molecule has 0 saturated carbocycles. The number of H-pyrrole nitrogens is 1. The molecule has 0 aliphatic carbocycles. The summed E-state index contributed by atoms with van der Waals surface area (Å²) < 4.78 is 7.60. The number of morpholine rings is 1. The Morgan fingerprint density at radius 2 is 2.10 bits per heavy atom. The molecule has 2 aromatic rings. The van der Waals surface area contributed by atoms with E-state index in [4.69, 9.17) is 17.0 Å². The lowest BCUT2D eigenvalue weighted by Gasteiger charge is -2.23. The van der Waals surface area contributed by atoms with Gasteiger partial charge in [-0.3, -0.25) is 9.36 Å². The van der Waals surface area contributed by atoms with E-state index >= 15 is 0 Å². The van der Waals surface area contributed by atoms with E-state index in [-0.39, 0.29) is 5.56 Å². The van der Waals surface area contributed by atoms with E-state index in [1.54, 1.807) is 15.9 Å². The number of fused-ring (bicyclic) bond motifs is 1. The number of aromatic amines is 1. The zero-order valence-corrected chi connectivity index (χ0v) is 14.0. The maximum atomic E-state index is 12.7. The first-order valence-electron chi connectivity index (χ1n) is 7.22. The number of nitrogens with zero attached hydrogens (tertiary/aromatic N) is 1. The molecule has 21 heavy (non-hydrogen) atoms. The predicted molar refractivity (Wildman–Crippen MR) is 87.1 cm³/mol. The van der Waals surface area contributed by atoms with E-state index < -0.39 is 0 Å². The van der Waals surface area contributed by atoms with Gasteiger partial charge in [0.25, 0.3) is 5.56 Å². The van der Waals surface area contributed by atoms with Crippen LogP contribution >= 0.6 is 23.6 Å². The zero-order valence-electron chi connectivity index (χ0n) is 12.3. The van der Waals surface area contributed by atoms with E-state index in [2.05, 4.69) is 4.98 Å². The van der Waals surface area contributed by atoms with Crippen LogP contribution in [0.25, 0.3) is 10.2 Å². The van der Waals surface area contributed by atoms with Gasteiger partial charge in [0.05, 0.1) is 31.7 Å². The number of thiophene rings is 1.